The predicted molar refractivity (Wildman–Crippen MR) is 107 cm³/mol. The minimum absolute atomic E-state index is 0.139. The maximum absolute atomic E-state index is 13.8. The number of nitrogens with zero attached hydrogens (tertiary/aromatic N) is 1. The molecule has 1 heterocycles. The van der Waals surface area contributed by atoms with Crippen LogP contribution in [0.5, 0.6) is 5.75 Å². The Labute approximate surface area is 165 Å². The summed E-state index contributed by atoms with van der Waals surface area (Å²) in [5, 5.41) is 2.90. The minimum atomic E-state index is -0.322. The molecule has 150 valence electrons. The third-order valence-electron chi connectivity index (χ3n) is 4.80. The van der Waals surface area contributed by atoms with E-state index < -0.39 is 0 Å². The van der Waals surface area contributed by atoms with Crippen LogP contribution in [-0.4, -0.2) is 32.3 Å². The van der Waals surface area contributed by atoms with E-state index in [1.807, 2.05) is 24.3 Å². The first-order chi connectivity index (χ1) is 13.6. The van der Waals surface area contributed by atoms with Gasteiger partial charge in [0.25, 0.3) is 5.91 Å². The van der Waals surface area contributed by atoms with Crippen LogP contribution in [0.2, 0.25) is 0 Å². The van der Waals surface area contributed by atoms with E-state index in [1.165, 1.54) is 12.1 Å². The molecule has 0 atom stereocenters. The Bertz CT molecular complexity index is 808. The third-order valence-corrected chi connectivity index (χ3v) is 4.80. The first-order valence-corrected chi connectivity index (χ1v) is 9.77. The van der Waals surface area contributed by atoms with Crippen LogP contribution in [0.3, 0.4) is 0 Å². The average molecular weight is 386 g/mol. The van der Waals surface area contributed by atoms with Gasteiger partial charge in [-0.2, -0.15) is 0 Å². The van der Waals surface area contributed by atoms with Crippen molar-refractivity contribution < 1.29 is 18.7 Å². The zero-order valence-corrected chi connectivity index (χ0v) is 16.5. The Hall–Kier alpha value is -2.60. The highest BCUT2D eigenvalue weighted by atomic mass is 19.1. The molecule has 0 saturated carbocycles. The first-order valence-electron chi connectivity index (χ1n) is 9.77. The van der Waals surface area contributed by atoms with Crippen LogP contribution in [0.25, 0.3) is 0 Å². The summed E-state index contributed by atoms with van der Waals surface area (Å²) in [6.45, 7) is 7.10. The van der Waals surface area contributed by atoms with Crippen molar-refractivity contribution in [1.82, 2.24) is 5.32 Å². The standard InChI is InChI=1S/C22H27FN2O3/c1-3-11-25(4-2)20-7-5-16(6-8-20)22(26)24-10-9-17-12-19(23)13-18-14-27-15-28-21(17)18/h5-8,12-13H,3-4,9-11,14-15H2,1-2H3,(H,24,26). The molecule has 0 spiro atoms. The zero-order chi connectivity index (χ0) is 19.9. The van der Waals surface area contributed by atoms with Gasteiger partial charge in [-0.1, -0.05) is 6.92 Å². The van der Waals surface area contributed by atoms with Crippen molar-refractivity contribution in [3.8, 4) is 5.75 Å². The molecule has 0 aromatic heterocycles. The fraction of sp³-hybridized carbons (Fsp3) is 0.409. The number of amides is 1. The van der Waals surface area contributed by atoms with Crippen molar-refractivity contribution in [2.45, 2.75) is 33.3 Å². The van der Waals surface area contributed by atoms with E-state index in [0.29, 0.717) is 36.4 Å². The van der Waals surface area contributed by atoms with E-state index >= 15 is 0 Å². The number of ether oxygens (including phenoxy) is 2. The van der Waals surface area contributed by atoms with Crippen LogP contribution in [0.15, 0.2) is 36.4 Å². The van der Waals surface area contributed by atoms with Crippen LogP contribution in [0.1, 0.15) is 41.8 Å². The van der Waals surface area contributed by atoms with Crippen molar-refractivity contribution in [3.63, 3.8) is 0 Å². The number of carbonyl (C=O) groups is 1. The maximum Gasteiger partial charge on any atom is 0.251 e. The molecule has 1 aliphatic rings. The van der Waals surface area contributed by atoms with E-state index in [2.05, 4.69) is 24.1 Å². The summed E-state index contributed by atoms with van der Waals surface area (Å²) < 4.78 is 24.5. The van der Waals surface area contributed by atoms with Crippen LogP contribution in [0.4, 0.5) is 10.1 Å². The van der Waals surface area contributed by atoms with Crippen LogP contribution >= 0.6 is 0 Å². The summed E-state index contributed by atoms with van der Waals surface area (Å²) in [6, 6.07) is 10.5. The molecule has 0 radical (unpaired) electrons. The minimum Gasteiger partial charge on any atom is -0.467 e. The molecule has 28 heavy (non-hydrogen) atoms. The maximum atomic E-state index is 13.8. The van der Waals surface area contributed by atoms with E-state index in [-0.39, 0.29) is 18.5 Å². The highest BCUT2D eigenvalue weighted by Crippen LogP contribution is 2.29. The van der Waals surface area contributed by atoms with E-state index in [1.54, 1.807) is 0 Å². The van der Waals surface area contributed by atoms with Gasteiger partial charge in [0.1, 0.15) is 11.6 Å². The largest absolute Gasteiger partial charge is 0.467 e. The fourth-order valence-electron chi connectivity index (χ4n) is 3.42. The van der Waals surface area contributed by atoms with Gasteiger partial charge in [-0.3, -0.25) is 4.79 Å². The predicted octanol–water partition coefficient (Wildman–Crippen LogP) is 3.90. The summed E-state index contributed by atoms with van der Waals surface area (Å²) in [5.41, 5.74) is 3.18. The molecule has 0 bridgehead atoms. The summed E-state index contributed by atoms with van der Waals surface area (Å²) in [7, 11) is 0. The monoisotopic (exact) mass is 386 g/mol. The molecule has 1 N–H and O–H groups in total. The number of nitrogens with one attached hydrogen (secondary N) is 1. The molecular weight excluding hydrogens is 359 g/mol. The van der Waals surface area contributed by atoms with Gasteiger partial charge < -0.3 is 19.7 Å². The van der Waals surface area contributed by atoms with E-state index in [0.717, 1.165) is 30.8 Å². The summed E-state index contributed by atoms with van der Waals surface area (Å²) in [5.74, 6) is 0.207. The highest BCUT2D eigenvalue weighted by Gasteiger charge is 2.17. The molecule has 6 heteroatoms. The molecule has 2 aromatic rings. The second kappa shape index (κ2) is 9.55. The number of fused-ring (bicyclic) bond motifs is 1. The van der Waals surface area contributed by atoms with Crippen molar-refractivity contribution in [2.75, 3.05) is 31.3 Å². The second-order valence-corrected chi connectivity index (χ2v) is 6.80. The fourth-order valence-corrected chi connectivity index (χ4v) is 3.42. The summed E-state index contributed by atoms with van der Waals surface area (Å²) >= 11 is 0. The molecule has 1 amide bonds. The van der Waals surface area contributed by atoms with Gasteiger partial charge in [-0.15, -0.1) is 0 Å². The van der Waals surface area contributed by atoms with Crippen molar-refractivity contribution in [2.24, 2.45) is 0 Å². The Morgan fingerprint density at radius 2 is 2.00 bits per heavy atom. The number of carbonyl (C=O) groups excluding carboxylic acids is 1. The van der Waals surface area contributed by atoms with Gasteiger partial charge in [0.15, 0.2) is 6.79 Å². The summed E-state index contributed by atoms with van der Waals surface area (Å²) in [4.78, 5) is 14.7. The topological polar surface area (TPSA) is 50.8 Å². The molecule has 0 saturated heterocycles. The lowest BCUT2D eigenvalue weighted by molar-refractivity contribution is -0.0172. The smallest absolute Gasteiger partial charge is 0.251 e. The van der Waals surface area contributed by atoms with Gasteiger partial charge in [0.05, 0.1) is 6.61 Å². The van der Waals surface area contributed by atoms with Gasteiger partial charge in [-0.05, 0) is 61.7 Å². The lowest BCUT2D eigenvalue weighted by Crippen LogP contribution is -2.26. The Kier molecular flexibility index (Phi) is 6.87. The second-order valence-electron chi connectivity index (χ2n) is 6.80. The van der Waals surface area contributed by atoms with Gasteiger partial charge >= 0.3 is 0 Å². The van der Waals surface area contributed by atoms with Gasteiger partial charge in [0.2, 0.25) is 0 Å². The number of benzene rings is 2. The highest BCUT2D eigenvalue weighted by molar-refractivity contribution is 5.94. The molecule has 0 unspecified atom stereocenters. The van der Waals surface area contributed by atoms with Gasteiger partial charge in [-0.25, -0.2) is 4.39 Å². The molecule has 0 aliphatic carbocycles. The normalized spacial score (nSPS) is 12.8. The SMILES string of the molecule is CCCN(CC)c1ccc(C(=O)NCCc2cc(F)cc3c2OCOC3)cc1. The van der Waals surface area contributed by atoms with Crippen molar-refractivity contribution in [3.05, 3.63) is 58.9 Å². The van der Waals surface area contributed by atoms with Crippen LogP contribution in [-0.2, 0) is 17.8 Å². The number of halogens is 1. The van der Waals surface area contributed by atoms with E-state index in [4.69, 9.17) is 9.47 Å². The molecule has 3 rings (SSSR count). The number of rotatable bonds is 8. The Morgan fingerprint density at radius 1 is 1.21 bits per heavy atom. The van der Waals surface area contributed by atoms with Gasteiger partial charge in [0, 0.05) is 36.4 Å². The van der Waals surface area contributed by atoms with Crippen LogP contribution < -0.4 is 15.0 Å². The molecule has 0 fully saturated rings. The van der Waals surface area contributed by atoms with E-state index in [9.17, 15) is 9.18 Å². The summed E-state index contributed by atoms with van der Waals surface area (Å²) in [6.07, 6.45) is 1.57. The molecule has 5 nitrogen and oxygen atoms in total. The average Bonchev–Trinajstić information content (AvgIpc) is 2.72. The van der Waals surface area contributed by atoms with Crippen LogP contribution in [0, 0.1) is 5.82 Å². The number of anilines is 1. The molecule has 1 aliphatic heterocycles. The number of hydrogen-bond acceptors (Lipinski definition) is 4. The van der Waals surface area contributed by atoms with Crippen molar-refractivity contribution >= 4 is 11.6 Å². The lowest BCUT2D eigenvalue weighted by Gasteiger charge is -2.22. The molecule has 2 aromatic carbocycles. The number of hydrogen-bond donors (Lipinski definition) is 1. The Morgan fingerprint density at radius 3 is 2.71 bits per heavy atom. The lowest BCUT2D eigenvalue weighted by atomic mass is 10.1. The zero-order valence-electron chi connectivity index (χ0n) is 16.5. The van der Waals surface area contributed by atoms with Crippen molar-refractivity contribution in [1.29, 1.82) is 0 Å². The quantitative estimate of drug-likeness (QED) is 0.748. The molecular formula is C22H27FN2O3. The third kappa shape index (κ3) is 4.81. The first kappa shape index (κ1) is 20.1. The Balaban J connectivity index is 1.58.